The number of carbonyl (C=O) groups is 3. The van der Waals surface area contributed by atoms with Crippen molar-refractivity contribution in [2.75, 3.05) is 24.4 Å². The van der Waals surface area contributed by atoms with Gasteiger partial charge >= 0.3 is 5.97 Å². The Balaban J connectivity index is 1.61. The molecule has 1 unspecified atom stereocenters. The lowest BCUT2D eigenvalue weighted by Gasteiger charge is -2.17. The van der Waals surface area contributed by atoms with Crippen LogP contribution in [0.3, 0.4) is 0 Å². The molecule has 176 valence electrons. The molecule has 1 atom stereocenters. The fraction of sp³-hybridized carbons (Fsp3) is 0.192. The summed E-state index contributed by atoms with van der Waals surface area (Å²) in [5.74, 6) is -0.409. The number of rotatable bonds is 10. The van der Waals surface area contributed by atoms with Gasteiger partial charge < -0.3 is 20.1 Å². The third-order valence-corrected chi connectivity index (χ3v) is 6.12. The maximum absolute atomic E-state index is 12.9. The molecule has 0 heterocycles. The molecule has 0 saturated carbocycles. The summed E-state index contributed by atoms with van der Waals surface area (Å²) in [7, 11) is 1.30. The van der Waals surface area contributed by atoms with Crippen molar-refractivity contribution in [1.29, 1.82) is 0 Å². The minimum atomic E-state index is -0.517. The molecule has 0 saturated heterocycles. The van der Waals surface area contributed by atoms with Gasteiger partial charge in [-0.1, -0.05) is 43.3 Å². The predicted octanol–water partition coefficient (Wildman–Crippen LogP) is 5.00. The monoisotopic (exact) mass is 478 g/mol. The quantitative estimate of drug-likeness (QED) is 0.315. The Bertz CT molecular complexity index is 1140. The third-order valence-electron chi connectivity index (χ3n) is 4.76. The summed E-state index contributed by atoms with van der Waals surface area (Å²) in [6.07, 6.45) is 0.568. The molecule has 7 nitrogen and oxygen atoms in total. The first-order chi connectivity index (χ1) is 16.5. The number of amides is 2. The minimum Gasteiger partial charge on any atom is -0.484 e. The van der Waals surface area contributed by atoms with Gasteiger partial charge in [-0.3, -0.25) is 9.59 Å². The molecular weight excluding hydrogens is 452 g/mol. The van der Waals surface area contributed by atoms with Crippen LogP contribution in [-0.4, -0.2) is 36.8 Å². The van der Waals surface area contributed by atoms with E-state index in [1.807, 2.05) is 43.3 Å². The van der Waals surface area contributed by atoms with Crippen molar-refractivity contribution in [3.05, 3.63) is 84.4 Å². The van der Waals surface area contributed by atoms with Crippen molar-refractivity contribution >= 4 is 40.9 Å². The van der Waals surface area contributed by atoms with Gasteiger partial charge in [0.2, 0.25) is 5.91 Å². The number of hydrogen-bond donors (Lipinski definition) is 2. The first-order valence-corrected chi connectivity index (χ1v) is 11.6. The minimum absolute atomic E-state index is 0.110. The Morgan fingerprint density at radius 1 is 0.912 bits per heavy atom. The molecular formula is C26H26N2O5S. The van der Waals surface area contributed by atoms with Gasteiger partial charge in [-0.15, -0.1) is 11.8 Å². The Morgan fingerprint density at radius 2 is 1.65 bits per heavy atom. The van der Waals surface area contributed by atoms with E-state index in [0.29, 0.717) is 29.1 Å². The Kier molecular flexibility index (Phi) is 9.11. The lowest BCUT2D eigenvalue weighted by Crippen LogP contribution is -2.25. The lowest BCUT2D eigenvalue weighted by molar-refractivity contribution is -0.118. The first kappa shape index (κ1) is 24.9. The van der Waals surface area contributed by atoms with Crippen molar-refractivity contribution in [2.45, 2.75) is 23.5 Å². The van der Waals surface area contributed by atoms with Crippen LogP contribution in [0.4, 0.5) is 11.4 Å². The van der Waals surface area contributed by atoms with Crippen LogP contribution < -0.4 is 15.4 Å². The Labute approximate surface area is 202 Å². The molecule has 0 aliphatic carbocycles. The number of para-hydroxylation sites is 2. The molecule has 34 heavy (non-hydrogen) atoms. The van der Waals surface area contributed by atoms with Crippen molar-refractivity contribution in [3.8, 4) is 5.75 Å². The highest BCUT2D eigenvalue weighted by molar-refractivity contribution is 8.00. The van der Waals surface area contributed by atoms with Gasteiger partial charge in [0.05, 0.1) is 23.6 Å². The van der Waals surface area contributed by atoms with E-state index in [1.54, 1.807) is 42.5 Å². The SMILES string of the molecule is CCC(Sc1cccc(NC(=O)COc2ccccc2)c1)C(=O)Nc1ccccc1C(=O)OC. The van der Waals surface area contributed by atoms with Gasteiger partial charge in [0.15, 0.2) is 6.61 Å². The molecule has 2 amide bonds. The highest BCUT2D eigenvalue weighted by Gasteiger charge is 2.21. The first-order valence-electron chi connectivity index (χ1n) is 10.7. The van der Waals surface area contributed by atoms with E-state index in [9.17, 15) is 14.4 Å². The Morgan fingerprint density at radius 3 is 2.38 bits per heavy atom. The van der Waals surface area contributed by atoms with Gasteiger partial charge in [-0.05, 0) is 48.9 Å². The van der Waals surface area contributed by atoms with E-state index in [-0.39, 0.29) is 18.4 Å². The van der Waals surface area contributed by atoms with Crippen LogP contribution in [0, 0.1) is 0 Å². The standard InChI is InChI=1S/C26H26N2O5S/c1-3-23(25(30)28-22-15-8-7-14-21(22)26(31)32-2)34-20-13-9-10-18(16-20)27-24(29)17-33-19-11-5-4-6-12-19/h4-16,23H,3,17H2,1-2H3,(H,27,29)(H,28,30). The molecule has 0 aromatic heterocycles. The summed E-state index contributed by atoms with van der Waals surface area (Å²) in [6, 6.07) is 23.1. The summed E-state index contributed by atoms with van der Waals surface area (Å²) in [6.45, 7) is 1.80. The molecule has 0 aliphatic heterocycles. The van der Waals surface area contributed by atoms with Crippen molar-refractivity contribution in [1.82, 2.24) is 0 Å². The number of anilines is 2. The van der Waals surface area contributed by atoms with Gasteiger partial charge in [-0.25, -0.2) is 4.79 Å². The molecule has 0 bridgehead atoms. The zero-order valence-corrected chi connectivity index (χ0v) is 19.8. The van der Waals surface area contributed by atoms with Crippen molar-refractivity contribution in [3.63, 3.8) is 0 Å². The van der Waals surface area contributed by atoms with E-state index < -0.39 is 11.2 Å². The topological polar surface area (TPSA) is 93.7 Å². The normalized spacial score (nSPS) is 11.2. The fourth-order valence-corrected chi connectivity index (χ4v) is 4.10. The molecule has 0 radical (unpaired) electrons. The van der Waals surface area contributed by atoms with Crippen LogP contribution >= 0.6 is 11.8 Å². The van der Waals surface area contributed by atoms with Crippen LogP contribution in [-0.2, 0) is 14.3 Å². The fourth-order valence-electron chi connectivity index (χ4n) is 3.09. The van der Waals surface area contributed by atoms with Gasteiger partial charge in [-0.2, -0.15) is 0 Å². The van der Waals surface area contributed by atoms with Crippen molar-refractivity contribution in [2.24, 2.45) is 0 Å². The van der Waals surface area contributed by atoms with Crippen LogP contribution in [0.1, 0.15) is 23.7 Å². The van der Waals surface area contributed by atoms with Crippen LogP contribution in [0.15, 0.2) is 83.8 Å². The number of nitrogens with one attached hydrogen (secondary N) is 2. The number of methoxy groups -OCH3 is 1. The molecule has 3 aromatic rings. The maximum Gasteiger partial charge on any atom is 0.339 e. The zero-order chi connectivity index (χ0) is 24.3. The van der Waals surface area contributed by atoms with E-state index in [1.165, 1.54) is 18.9 Å². The summed E-state index contributed by atoms with van der Waals surface area (Å²) >= 11 is 1.38. The molecule has 0 fully saturated rings. The zero-order valence-electron chi connectivity index (χ0n) is 18.9. The predicted molar refractivity (Wildman–Crippen MR) is 133 cm³/mol. The van der Waals surface area contributed by atoms with E-state index >= 15 is 0 Å². The second-order valence-corrected chi connectivity index (χ2v) is 8.50. The molecule has 0 spiro atoms. The number of benzene rings is 3. The average molecular weight is 479 g/mol. The second kappa shape index (κ2) is 12.5. The number of ether oxygens (including phenoxy) is 2. The molecule has 2 N–H and O–H groups in total. The average Bonchev–Trinajstić information content (AvgIpc) is 2.86. The highest BCUT2D eigenvalue weighted by atomic mass is 32.2. The molecule has 3 aromatic carbocycles. The van der Waals surface area contributed by atoms with Crippen LogP contribution in [0.2, 0.25) is 0 Å². The second-order valence-electron chi connectivity index (χ2n) is 7.22. The van der Waals surface area contributed by atoms with Gasteiger partial charge in [0.25, 0.3) is 5.91 Å². The molecule has 3 rings (SSSR count). The summed E-state index contributed by atoms with van der Waals surface area (Å²) in [5, 5.41) is 5.23. The Hall–Kier alpha value is -3.78. The van der Waals surface area contributed by atoms with Crippen molar-refractivity contribution < 1.29 is 23.9 Å². The largest absolute Gasteiger partial charge is 0.484 e. The summed E-state index contributed by atoms with van der Waals surface area (Å²) in [5.41, 5.74) is 1.30. The maximum atomic E-state index is 12.9. The summed E-state index contributed by atoms with van der Waals surface area (Å²) < 4.78 is 10.3. The number of esters is 1. The van der Waals surface area contributed by atoms with E-state index in [2.05, 4.69) is 10.6 Å². The van der Waals surface area contributed by atoms with Crippen LogP contribution in [0.25, 0.3) is 0 Å². The number of hydrogen-bond acceptors (Lipinski definition) is 6. The van der Waals surface area contributed by atoms with E-state index in [0.717, 1.165) is 4.90 Å². The third kappa shape index (κ3) is 7.11. The summed E-state index contributed by atoms with van der Waals surface area (Å²) in [4.78, 5) is 38.0. The number of carbonyl (C=O) groups excluding carboxylic acids is 3. The smallest absolute Gasteiger partial charge is 0.339 e. The van der Waals surface area contributed by atoms with Crippen LogP contribution in [0.5, 0.6) is 5.75 Å². The number of thioether (sulfide) groups is 1. The lowest BCUT2D eigenvalue weighted by atomic mass is 10.1. The molecule has 8 heteroatoms. The van der Waals surface area contributed by atoms with E-state index in [4.69, 9.17) is 9.47 Å². The van der Waals surface area contributed by atoms with Gasteiger partial charge in [0, 0.05) is 10.6 Å². The molecule has 0 aliphatic rings. The van der Waals surface area contributed by atoms with Gasteiger partial charge in [0.1, 0.15) is 5.75 Å². The highest BCUT2D eigenvalue weighted by Crippen LogP contribution is 2.29.